The molecule has 0 unspecified atom stereocenters. The number of piperazine rings is 1. The molecule has 1 saturated heterocycles. The third-order valence-corrected chi connectivity index (χ3v) is 4.77. The van der Waals surface area contributed by atoms with Crippen molar-refractivity contribution in [3.05, 3.63) is 0 Å². The molecular formula is C13H25N3O. The van der Waals surface area contributed by atoms with Crippen LogP contribution >= 0.6 is 0 Å². The maximum absolute atomic E-state index is 12.4. The average molecular weight is 239 g/mol. The standard InChI is InChI=1S/C13H25N3O/c1-4-15-5-7-16(8-6-15)12(17)10-9-11(14)13(10,2)3/h10-11H,4-9,14H2,1-3H3/t10-,11-/m1/s1. The predicted molar refractivity (Wildman–Crippen MR) is 68.6 cm³/mol. The van der Waals surface area contributed by atoms with Crippen LogP contribution in [-0.4, -0.2) is 54.5 Å². The monoisotopic (exact) mass is 239 g/mol. The molecule has 2 atom stereocenters. The van der Waals surface area contributed by atoms with E-state index < -0.39 is 0 Å². The topological polar surface area (TPSA) is 49.6 Å². The maximum Gasteiger partial charge on any atom is 0.226 e. The van der Waals surface area contributed by atoms with Crippen molar-refractivity contribution in [1.82, 2.24) is 9.80 Å². The van der Waals surface area contributed by atoms with E-state index >= 15 is 0 Å². The Bertz CT molecular complexity index is 295. The molecule has 0 bridgehead atoms. The van der Waals surface area contributed by atoms with Crippen molar-refractivity contribution in [2.24, 2.45) is 17.1 Å². The van der Waals surface area contributed by atoms with Crippen molar-refractivity contribution in [2.45, 2.75) is 33.2 Å². The Balaban J connectivity index is 1.90. The molecule has 2 fully saturated rings. The van der Waals surface area contributed by atoms with Gasteiger partial charge in [0.25, 0.3) is 0 Å². The van der Waals surface area contributed by atoms with Crippen LogP contribution in [0.4, 0.5) is 0 Å². The Morgan fingerprint density at radius 3 is 2.29 bits per heavy atom. The average Bonchev–Trinajstić information content (AvgIpc) is 2.35. The fourth-order valence-corrected chi connectivity index (χ4v) is 2.88. The molecule has 98 valence electrons. The minimum Gasteiger partial charge on any atom is -0.340 e. The van der Waals surface area contributed by atoms with Crippen molar-refractivity contribution in [1.29, 1.82) is 0 Å². The van der Waals surface area contributed by atoms with Gasteiger partial charge in [-0.05, 0) is 18.4 Å². The molecule has 17 heavy (non-hydrogen) atoms. The van der Waals surface area contributed by atoms with Crippen LogP contribution in [0.3, 0.4) is 0 Å². The van der Waals surface area contributed by atoms with E-state index in [1.54, 1.807) is 0 Å². The van der Waals surface area contributed by atoms with Crippen molar-refractivity contribution in [2.75, 3.05) is 32.7 Å². The van der Waals surface area contributed by atoms with Gasteiger partial charge in [-0.3, -0.25) is 4.79 Å². The lowest BCUT2D eigenvalue weighted by Crippen LogP contribution is -2.61. The highest BCUT2D eigenvalue weighted by molar-refractivity contribution is 5.81. The van der Waals surface area contributed by atoms with Crippen molar-refractivity contribution in [3.63, 3.8) is 0 Å². The Labute approximate surface area is 104 Å². The smallest absolute Gasteiger partial charge is 0.226 e. The summed E-state index contributed by atoms with van der Waals surface area (Å²) in [5.74, 6) is 0.470. The van der Waals surface area contributed by atoms with Crippen LogP contribution in [0.5, 0.6) is 0 Å². The number of likely N-dealkylation sites (N-methyl/N-ethyl adjacent to an activating group) is 1. The molecule has 0 aromatic rings. The molecule has 1 aliphatic heterocycles. The molecule has 1 aliphatic carbocycles. The molecule has 2 N–H and O–H groups in total. The highest BCUT2D eigenvalue weighted by Crippen LogP contribution is 2.45. The second-order valence-electron chi connectivity index (χ2n) is 5.98. The zero-order valence-electron chi connectivity index (χ0n) is 11.3. The molecule has 4 heteroatoms. The summed E-state index contributed by atoms with van der Waals surface area (Å²) in [6, 6.07) is 0.188. The van der Waals surface area contributed by atoms with E-state index in [0.717, 1.165) is 39.1 Å². The van der Waals surface area contributed by atoms with Crippen LogP contribution in [0.25, 0.3) is 0 Å². The zero-order chi connectivity index (χ0) is 12.6. The third-order valence-electron chi connectivity index (χ3n) is 4.77. The van der Waals surface area contributed by atoms with Crippen LogP contribution in [0.15, 0.2) is 0 Å². The van der Waals surface area contributed by atoms with E-state index in [1.165, 1.54) is 0 Å². The maximum atomic E-state index is 12.4. The van der Waals surface area contributed by atoms with Crippen LogP contribution < -0.4 is 5.73 Å². The van der Waals surface area contributed by atoms with Gasteiger partial charge in [-0.1, -0.05) is 20.8 Å². The van der Waals surface area contributed by atoms with E-state index in [0.29, 0.717) is 5.91 Å². The third kappa shape index (κ3) is 2.20. The van der Waals surface area contributed by atoms with Gasteiger partial charge in [0.05, 0.1) is 0 Å². The summed E-state index contributed by atoms with van der Waals surface area (Å²) in [6.07, 6.45) is 0.861. The van der Waals surface area contributed by atoms with Gasteiger partial charge in [-0.2, -0.15) is 0 Å². The van der Waals surface area contributed by atoms with Gasteiger partial charge in [0, 0.05) is 38.1 Å². The van der Waals surface area contributed by atoms with Crippen molar-refractivity contribution >= 4 is 5.91 Å². The summed E-state index contributed by atoms with van der Waals surface area (Å²) in [5.41, 5.74) is 5.96. The van der Waals surface area contributed by atoms with E-state index in [1.807, 2.05) is 4.90 Å². The van der Waals surface area contributed by atoms with Crippen LogP contribution in [-0.2, 0) is 4.79 Å². The second kappa shape index (κ2) is 4.58. The molecular weight excluding hydrogens is 214 g/mol. The molecule has 0 aromatic heterocycles. The van der Waals surface area contributed by atoms with Gasteiger partial charge in [-0.15, -0.1) is 0 Å². The van der Waals surface area contributed by atoms with E-state index in [2.05, 4.69) is 25.7 Å². The number of rotatable bonds is 2. The van der Waals surface area contributed by atoms with Gasteiger partial charge in [0.15, 0.2) is 0 Å². The van der Waals surface area contributed by atoms with E-state index in [-0.39, 0.29) is 17.4 Å². The zero-order valence-corrected chi connectivity index (χ0v) is 11.3. The molecule has 2 rings (SSSR count). The largest absolute Gasteiger partial charge is 0.340 e. The first-order valence-corrected chi connectivity index (χ1v) is 6.73. The molecule has 0 spiro atoms. The highest BCUT2D eigenvalue weighted by atomic mass is 16.2. The lowest BCUT2D eigenvalue weighted by atomic mass is 9.58. The number of amides is 1. The Hall–Kier alpha value is -0.610. The lowest BCUT2D eigenvalue weighted by Gasteiger charge is -2.51. The highest BCUT2D eigenvalue weighted by Gasteiger charge is 2.51. The number of carbonyl (C=O) groups is 1. The summed E-state index contributed by atoms with van der Waals surface area (Å²) in [5, 5.41) is 0. The number of hydrogen-bond donors (Lipinski definition) is 1. The first-order valence-electron chi connectivity index (χ1n) is 6.73. The van der Waals surface area contributed by atoms with E-state index in [4.69, 9.17) is 5.73 Å². The van der Waals surface area contributed by atoms with E-state index in [9.17, 15) is 4.79 Å². The fraction of sp³-hybridized carbons (Fsp3) is 0.923. The Morgan fingerprint density at radius 2 is 1.88 bits per heavy atom. The molecule has 1 saturated carbocycles. The van der Waals surface area contributed by atoms with Gasteiger partial charge in [-0.25, -0.2) is 0 Å². The Kier molecular flexibility index (Phi) is 3.46. The van der Waals surface area contributed by atoms with Crippen molar-refractivity contribution in [3.8, 4) is 0 Å². The normalized spacial score (nSPS) is 33.3. The summed E-state index contributed by atoms with van der Waals surface area (Å²) in [6.45, 7) is 11.3. The molecule has 1 heterocycles. The molecule has 0 radical (unpaired) electrons. The molecule has 1 amide bonds. The number of hydrogen-bond acceptors (Lipinski definition) is 3. The van der Waals surface area contributed by atoms with Gasteiger partial charge < -0.3 is 15.5 Å². The summed E-state index contributed by atoms with van der Waals surface area (Å²) < 4.78 is 0. The summed E-state index contributed by atoms with van der Waals surface area (Å²) >= 11 is 0. The van der Waals surface area contributed by atoms with Gasteiger partial charge >= 0.3 is 0 Å². The first-order chi connectivity index (χ1) is 7.96. The second-order valence-corrected chi connectivity index (χ2v) is 5.98. The molecule has 2 aliphatic rings. The summed E-state index contributed by atoms with van der Waals surface area (Å²) in [7, 11) is 0. The van der Waals surface area contributed by atoms with Crippen LogP contribution in [0.2, 0.25) is 0 Å². The SMILES string of the molecule is CCN1CCN(C(=O)[C@H]2C[C@@H](N)C2(C)C)CC1. The summed E-state index contributed by atoms with van der Waals surface area (Å²) in [4.78, 5) is 16.8. The van der Waals surface area contributed by atoms with Gasteiger partial charge in [0.1, 0.15) is 0 Å². The number of nitrogens with zero attached hydrogens (tertiary/aromatic N) is 2. The molecule has 4 nitrogen and oxygen atoms in total. The predicted octanol–water partition coefficient (Wildman–Crippen LogP) is 0.524. The minimum atomic E-state index is -0.0149. The van der Waals surface area contributed by atoms with Gasteiger partial charge in [0.2, 0.25) is 5.91 Å². The first kappa shape index (κ1) is 12.8. The minimum absolute atomic E-state index is 0.0149. The molecule has 0 aromatic carbocycles. The number of nitrogens with two attached hydrogens (primary N) is 1. The van der Waals surface area contributed by atoms with Crippen molar-refractivity contribution < 1.29 is 4.79 Å². The Morgan fingerprint density at radius 1 is 1.29 bits per heavy atom. The number of carbonyl (C=O) groups excluding carboxylic acids is 1. The quantitative estimate of drug-likeness (QED) is 0.764. The van der Waals surface area contributed by atoms with Crippen LogP contribution in [0.1, 0.15) is 27.2 Å². The van der Waals surface area contributed by atoms with Crippen LogP contribution in [0, 0.1) is 11.3 Å². The fourth-order valence-electron chi connectivity index (χ4n) is 2.88. The lowest BCUT2D eigenvalue weighted by molar-refractivity contribution is -0.149.